The quantitative estimate of drug-likeness (QED) is 0.774. The van der Waals surface area contributed by atoms with Gasteiger partial charge in [-0.1, -0.05) is 12.1 Å². The van der Waals surface area contributed by atoms with Gasteiger partial charge in [-0.25, -0.2) is 0 Å². The molecule has 3 N–H and O–H groups in total. The summed E-state index contributed by atoms with van der Waals surface area (Å²) < 4.78 is 0. The second kappa shape index (κ2) is 6.98. The van der Waals surface area contributed by atoms with Gasteiger partial charge in [0.05, 0.1) is 0 Å². The van der Waals surface area contributed by atoms with Crippen LogP contribution in [0.4, 0.5) is 0 Å². The van der Waals surface area contributed by atoms with Crippen molar-refractivity contribution >= 4 is 24.1 Å². The second-order valence-corrected chi connectivity index (χ2v) is 3.18. The fraction of sp³-hybridized carbons (Fsp3) is 0.273. The highest BCUT2D eigenvalue weighted by Crippen LogP contribution is 2.04. The SMILES string of the molecule is CC(=O)c1ccc(C(=O)NCCN)cc1.Cl. The van der Waals surface area contributed by atoms with E-state index in [1.54, 1.807) is 24.3 Å². The molecular formula is C11H15ClN2O2. The summed E-state index contributed by atoms with van der Waals surface area (Å²) in [5.74, 6) is -0.181. The third-order valence-electron chi connectivity index (χ3n) is 1.98. The van der Waals surface area contributed by atoms with Crippen molar-refractivity contribution in [1.29, 1.82) is 0 Å². The number of halogens is 1. The van der Waals surface area contributed by atoms with E-state index in [-0.39, 0.29) is 24.1 Å². The highest BCUT2D eigenvalue weighted by Gasteiger charge is 2.05. The van der Waals surface area contributed by atoms with Gasteiger partial charge in [-0.3, -0.25) is 9.59 Å². The molecule has 0 fully saturated rings. The zero-order valence-corrected chi connectivity index (χ0v) is 9.84. The Morgan fingerprint density at radius 3 is 2.12 bits per heavy atom. The maximum absolute atomic E-state index is 11.4. The van der Waals surface area contributed by atoms with Crippen LogP contribution in [0.3, 0.4) is 0 Å². The number of nitrogens with one attached hydrogen (secondary N) is 1. The molecule has 1 aromatic carbocycles. The van der Waals surface area contributed by atoms with Crippen LogP contribution < -0.4 is 11.1 Å². The van der Waals surface area contributed by atoms with Crippen molar-refractivity contribution in [3.05, 3.63) is 35.4 Å². The smallest absolute Gasteiger partial charge is 0.251 e. The van der Waals surface area contributed by atoms with Crippen LogP contribution in [0, 0.1) is 0 Å². The van der Waals surface area contributed by atoms with Crippen molar-refractivity contribution in [1.82, 2.24) is 5.32 Å². The largest absolute Gasteiger partial charge is 0.351 e. The molecule has 0 aliphatic heterocycles. The predicted octanol–water partition coefficient (Wildman–Crippen LogP) is 0.999. The number of ketones is 1. The second-order valence-electron chi connectivity index (χ2n) is 3.18. The first kappa shape index (κ1) is 14.6. The third-order valence-corrected chi connectivity index (χ3v) is 1.98. The fourth-order valence-electron chi connectivity index (χ4n) is 1.14. The van der Waals surface area contributed by atoms with Gasteiger partial charge in [0.1, 0.15) is 0 Å². The highest BCUT2D eigenvalue weighted by molar-refractivity contribution is 5.97. The van der Waals surface area contributed by atoms with Crippen LogP contribution in [0.2, 0.25) is 0 Å². The van der Waals surface area contributed by atoms with E-state index in [2.05, 4.69) is 5.32 Å². The molecule has 0 heterocycles. The number of amides is 1. The number of carbonyl (C=O) groups excluding carboxylic acids is 2. The van der Waals surface area contributed by atoms with Gasteiger partial charge in [0.15, 0.2) is 5.78 Å². The summed E-state index contributed by atoms with van der Waals surface area (Å²) >= 11 is 0. The molecule has 4 nitrogen and oxygen atoms in total. The molecule has 0 aliphatic carbocycles. The Balaban J connectivity index is 0.00000225. The minimum absolute atomic E-state index is 0. The number of carbonyl (C=O) groups is 2. The summed E-state index contributed by atoms with van der Waals surface area (Å²) in [5.41, 5.74) is 6.40. The first-order valence-corrected chi connectivity index (χ1v) is 4.74. The van der Waals surface area contributed by atoms with Gasteiger partial charge in [-0.15, -0.1) is 12.4 Å². The molecule has 0 aromatic heterocycles. The van der Waals surface area contributed by atoms with Crippen molar-refractivity contribution in [2.45, 2.75) is 6.92 Å². The number of hydrogen-bond donors (Lipinski definition) is 2. The van der Waals surface area contributed by atoms with Crippen LogP contribution in [-0.2, 0) is 0 Å². The number of rotatable bonds is 4. The Labute approximate surface area is 101 Å². The lowest BCUT2D eigenvalue weighted by molar-refractivity contribution is 0.0952. The molecule has 88 valence electrons. The van der Waals surface area contributed by atoms with Gasteiger partial charge in [-0.2, -0.15) is 0 Å². The summed E-state index contributed by atoms with van der Waals surface area (Å²) in [7, 11) is 0. The number of benzene rings is 1. The van der Waals surface area contributed by atoms with Crippen molar-refractivity contribution < 1.29 is 9.59 Å². The van der Waals surface area contributed by atoms with Crippen LogP contribution in [-0.4, -0.2) is 24.8 Å². The standard InChI is InChI=1S/C11H14N2O2.ClH/c1-8(14)9-2-4-10(5-3-9)11(15)13-7-6-12;/h2-5H,6-7,12H2,1H3,(H,13,15);1H. The lowest BCUT2D eigenvalue weighted by Gasteiger charge is -2.03. The van der Waals surface area contributed by atoms with Crippen LogP contribution in [0.1, 0.15) is 27.6 Å². The summed E-state index contributed by atoms with van der Waals surface area (Å²) in [4.78, 5) is 22.4. The van der Waals surface area contributed by atoms with E-state index in [9.17, 15) is 9.59 Å². The fourth-order valence-corrected chi connectivity index (χ4v) is 1.14. The molecule has 0 bridgehead atoms. The lowest BCUT2D eigenvalue weighted by atomic mass is 10.1. The molecule has 16 heavy (non-hydrogen) atoms. The van der Waals surface area contributed by atoms with Crippen molar-refractivity contribution in [3.63, 3.8) is 0 Å². The van der Waals surface area contributed by atoms with Gasteiger partial charge in [0, 0.05) is 24.2 Å². The summed E-state index contributed by atoms with van der Waals surface area (Å²) in [5, 5.41) is 2.65. The molecule has 1 amide bonds. The molecule has 1 rings (SSSR count). The number of Topliss-reactive ketones (excluding diaryl/α,β-unsaturated/α-hetero) is 1. The Morgan fingerprint density at radius 1 is 1.19 bits per heavy atom. The normalized spacial score (nSPS) is 9.12. The van der Waals surface area contributed by atoms with E-state index in [0.717, 1.165) is 0 Å². The van der Waals surface area contributed by atoms with Crippen LogP contribution >= 0.6 is 12.4 Å². The van der Waals surface area contributed by atoms with Crippen molar-refractivity contribution in [2.24, 2.45) is 5.73 Å². The van der Waals surface area contributed by atoms with E-state index < -0.39 is 0 Å². The zero-order chi connectivity index (χ0) is 11.3. The minimum Gasteiger partial charge on any atom is -0.351 e. The lowest BCUT2D eigenvalue weighted by Crippen LogP contribution is -2.28. The molecule has 0 spiro atoms. The number of nitrogens with two attached hydrogens (primary N) is 1. The number of hydrogen-bond acceptors (Lipinski definition) is 3. The average Bonchev–Trinajstić information content (AvgIpc) is 2.26. The van der Waals surface area contributed by atoms with Gasteiger partial charge in [0.2, 0.25) is 0 Å². The van der Waals surface area contributed by atoms with E-state index in [1.165, 1.54) is 6.92 Å². The van der Waals surface area contributed by atoms with Crippen LogP contribution in [0.5, 0.6) is 0 Å². The maximum atomic E-state index is 11.4. The van der Waals surface area contributed by atoms with Gasteiger partial charge >= 0.3 is 0 Å². The molecule has 1 aromatic rings. The first-order valence-electron chi connectivity index (χ1n) is 4.74. The molecule has 0 atom stereocenters. The maximum Gasteiger partial charge on any atom is 0.251 e. The topological polar surface area (TPSA) is 72.2 Å². The van der Waals surface area contributed by atoms with Gasteiger partial charge in [0.25, 0.3) is 5.91 Å². The summed E-state index contributed by atoms with van der Waals surface area (Å²) in [6.07, 6.45) is 0. The highest BCUT2D eigenvalue weighted by atomic mass is 35.5. The van der Waals surface area contributed by atoms with Crippen molar-refractivity contribution in [2.75, 3.05) is 13.1 Å². The zero-order valence-electron chi connectivity index (χ0n) is 9.03. The third kappa shape index (κ3) is 4.00. The summed E-state index contributed by atoms with van der Waals surface area (Å²) in [6, 6.07) is 6.53. The Morgan fingerprint density at radius 2 is 1.69 bits per heavy atom. The average molecular weight is 243 g/mol. The molecule has 5 heteroatoms. The molecule has 0 radical (unpaired) electrons. The minimum atomic E-state index is -0.171. The summed E-state index contributed by atoms with van der Waals surface area (Å²) in [6.45, 7) is 2.36. The molecule has 0 saturated carbocycles. The Bertz CT molecular complexity index is 363. The predicted molar refractivity (Wildman–Crippen MR) is 65.1 cm³/mol. The molecular weight excluding hydrogens is 228 g/mol. The molecule has 0 unspecified atom stereocenters. The van der Waals surface area contributed by atoms with E-state index in [0.29, 0.717) is 24.2 Å². The van der Waals surface area contributed by atoms with E-state index >= 15 is 0 Å². The van der Waals surface area contributed by atoms with Gasteiger partial charge in [-0.05, 0) is 19.1 Å². The van der Waals surface area contributed by atoms with Crippen LogP contribution in [0.25, 0.3) is 0 Å². The molecule has 0 saturated heterocycles. The van der Waals surface area contributed by atoms with Gasteiger partial charge < -0.3 is 11.1 Å². The Kier molecular flexibility index (Phi) is 6.37. The van der Waals surface area contributed by atoms with Crippen LogP contribution in [0.15, 0.2) is 24.3 Å². The monoisotopic (exact) mass is 242 g/mol. The van der Waals surface area contributed by atoms with E-state index in [1.807, 2.05) is 0 Å². The van der Waals surface area contributed by atoms with Crippen molar-refractivity contribution in [3.8, 4) is 0 Å². The Hall–Kier alpha value is -1.39. The molecule has 0 aliphatic rings. The van der Waals surface area contributed by atoms with E-state index in [4.69, 9.17) is 5.73 Å². The first-order chi connectivity index (χ1) is 7.15.